The molecule has 0 bridgehead atoms. The third-order valence-corrected chi connectivity index (χ3v) is 4.43. The predicted molar refractivity (Wildman–Crippen MR) is 101 cm³/mol. The van der Waals surface area contributed by atoms with Gasteiger partial charge in [0.05, 0.1) is 29.6 Å². The quantitative estimate of drug-likeness (QED) is 0.668. The minimum atomic E-state index is -0.256. The Hall–Kier alpha value is -2.86. The zero-order chi connectivity index (χ0) is 17.6. The van der Waals surface area contributed by atoms with E-state index in [0.29, 0.717) is 23.8 Å². The highest BCUT2D eigenvalue weighted by Gasteiger charge is 2.08. The molecule has 5 nitrogen and oxygen atoms in total. The number of anilines is 1. The van der Waals surface area contributed by atoms with Crippen LogP contribution in [0.2, 0.25) is 0 Å². The molecule has 6 heteroatoms. The molecule has 1 amide bonds. The summed E-state index contributed by atoms with van der Waals surface area (Å²) < 4.78 is 11.8. The minimum Gasteiger partial charge on any atom is -0.497 e. The van der Waals surface area contributed by atoms with Gasteiger partial charge in [-0.15, -0.1) is 11.3 Å². The van der Waals surface area contributed by atoms with Crippen LogP contribution in [0.5, 0.6) is 11.5 Å². The van der Waals surface area contributed by atoms with E-state index < -0.39 is 0 Å². The third kappa shape index (κ3) is 4.16. The topological polar surface area (TPSA) is 60.5 Å². The van der Waals surface area contributed by atoms with E-state index in [1.54, 1.807) is 42.7 Å². The number of fused-ring (bicyclic) bond motifs is 1. The standard InChI is InChI=1S/C19H18N2O3S/c1-3-24-16-9-8-13(23-2)12-15(16)20-18(22)10-11-19-21-14-6-4-5-7-17(14)25-19/h4-12H,3H2,1-2H3,(H,20,22). The Morgan fingerprint density at radius 1 is 1.28 bits per heavy atom. The number of carbonyl (C=O) groups is 1. The van der Waals surface area contributed by atoms with Gasteiger partial charge in [-0.2, -0.15) is 0 Å². The molecule has 0 atom stereocenters. The molecule has 1 aromatic heterocycles. The molecule has 25 heavy (non-hydrogen) atoms. The molecule has 1 N–H and O–H groups in total. The number of hydrogen-bond acceptors (Lipinski definition) is 5. The lowest BCUT2D eigenvalue weighted by Crippen LogP contribution is -2.09. The lowest BCUT2D eigenvalue weighted by molar-refractivity contribution is -0.111. The number of carbonyl (C=O) groups excluding carboxylic acids is 1. The summed E-state index contributed by atoms with van der Waals surface area (Å²) in [6.45, 7) is 2.40. The Morgan fingerprint density at radius 3 is 2.88 bits per heavy atom. The molecule has 0 aliphatic carbocycles. The van der Waals surface area contributed by atoms with Crippen LogP contribution >= 0.6 is 11.3 Å². The Morgan fingerprint density at radius 2 is 2.12 bits per heavy atom. The van der Waals surface area contributed by atoms with Crippen LogP contribution in [-0.2, 0) is 4.79 Å². The Balaban J connectivity index is 1.75. The molecule has 3 rings (SSSR count). The van der Waals surface area contributed by atoms with Gasteiger partial charge in [-0.1, -0.05) is 12.1 Å². The third-order valence-electron chi connectivity index (χ3n) is 3.43. The van der Waals surface area contributed by atoms with Gasteiger partial charge in [0.1, 0.15) is 16.5 Å². The van der Waals surface area contributed by atoms with Gasteiger partial charge < -0.3 is 14.8 Å². The smallest absolute Gasteiger partial charge is 0.248 e. The van der Waals surface area contributed by atoms with Crippen LogP contribution in [0.25, 0.3) is 16.3 Å². The van der Waals surface area contributed by atoms with E-state index in [9.17, 15) is 4.79 Å². The van der Waals surface area contributed by atoms with E-state index >= 15 is 0 Å². The first-order valence-electron chi connectivity index (χ1n) is 7.85. The molecule has 0 unspecified atom stereocenters. The number of para-hydroxylation sites is 1. The Labute approximate surface area is 149 Å². The first-order chi connectivity index (χ1) is 12.2. The maximum absolute atomic E-state index is 12.2. The van der Waals surface area contributed by atoms with Gasteiger partial charge in [0.15, 0.2) is 0 Å². The first kappa shape index (κ1) is 17.0. The SMILES string of the molecule is CCOc1ccc(OC)cc1NC(=O)C=Cc1nc2ccccc2s1. The number of hydrogen-bond donors (Lipinski definition) is 1. The molecule has 128 valence electrons. The second-order valence-electron chi connectivity index (χ2n) is 5.14. The highest BCUT2D eigenvalue weighted by atomic mass is 32.1. The Kier molecular flexibility index (Phi) is 5.30. The molecule has 0 aliphatic rings. The van der Waals surface area contributed by atoms with Crippen molar-refractivity contribution in [1.82, 2.24) is 4.98 Å². The van der Waals surface area contributed by atoms with Crippen molar-refractivity contribution in [1.29, 1.82) is 0 Å². The maximum atomic E-state index is 12.2. The number of rotatable bonds is 6. The minimum absolute atomic E-state index is 0.256. The van der Waals surface area contributed by atoms with Crippen LogP contribution in [-0.4, -0.2) is 24.6 Å². The summed E-state index contributed by atoms with van der Waals surface area (Å²) >= 11 is 1.54. The number of nitrogens with zero attached hydrogens (tertiary/aromatic N) is 1. The Bertz CT molecular complexity index is 885. The average molecular weight is 354 g/mol. The fourth-order valence-electron chi connectivity index (χ4n) is 2.30. The highest BCUT2D eigenvalue weighted by molar-refractivity contribution is 7.19. The van der Waals surface area contributed by atoms with E-state index in [0.717, 1.165) is 15.2 Å². The van der Waals surface area contributed by atoms with Crippen molar-refractivity contribution in [2.75, 3.05) is 19.0 Å². The van der Waals surface area contributed by atoms with E-state index in [4.69, 9.17) is 9.47 Å². The normalized spacial score (nSPS) is 11.0. The monoisotopic (exact) mass is 354 g/mol. The van der Waals surface area contributed by atoms with Crippen molar-refractivity contribution < 1.29 is 14.3 Å². The first-order valence-corrected chi connectivity index (χ1v) is 8.66. The molecular formula is C19H18N2O3S. The zero-order valence-corrected chi connectivity index (χ0v) is 14.8. The fourth-order valence-corrected chi connectivity index (χ4v) is 3.17. The second kappa shape index (κ2) is 7.81. The maximum Gasteiger partial charge on any atom is 0.248 e. The molecule has 1 heterocycles. The van der Waals surface area contributed by atoms with Gasteiger partial charge in [-0.3, -0.25) is 4.79 Å². The van der Waals surface area contributed by atoms with E-state index in [2.05, 4.69) is 10.3 Å². The summed E-state index contributed by atoms with van der Waals surface area (Å²) in [5.41, 5.74) is 1.50. The number of thiazole rings is 1. The molecular weight excluding hydrogens is 336 g/mol. The van der Waals surface area contributed by atoms with E-state index in [1.165, 1.54) is 6.08 Å². The summed E-state index contributed by atoms with van der Waals surface area (Å²) in [5.74, 6) is 0.993. The second-order valence-corrected chi connectivity index (χ2v) is 6.20. The predicted octanol–water partition coefficient (Wildman–Crippen LogP) is 4.36. The largest absolute Gasteiger partial charge is 0.497 e. The summed E-state index contributed by atoms with van der Waals surface area (Å²) in [4.78, 5) is 16.7. The molecule has 0 fully saturated rings. The van der Waals surface area contributed by atoms with Gasteiger partial charge in [-0.05, 0) is 37.3 Å². The van der Waals surface area contributed by atoms with Crippen molar-refractivity contribution in [3.05, 3.63) is 53.5 Å². The van der Waals surface area contributed by atoms with Crippen LogP contribution < -0.4 is 14.8 Å². The fraction of sp³-hybridized carbons (Fsp3) is 0.158. The number of aromatic nitrogens is 1. The van der Waals surface area contributed by atoms with Crippen molar-refractivity contribution in [3.63, 3.8) is 0 Å². The van der Waals surface area contributed by atoms with Crippen molar-refractivity contribution in [2.45, 2.75) is 6.92 Å². The van der Waals surface area contributed by atoms with Gasteiger partial charge >= 0.3 is 0 Å². The van der Waals surface area contributed by atoms with Crippen LogP contribution in [0.15, 0.2) is 48.5 Å². The summed E-state index contributed by atoms with van der Waals surface area (Å²) in [6, 6.07) is 13.2. The van der Waals surface area contributed by atoms with E-state index in [1.807, 2.05) is 31.2 Å². The summed E-state index contributed by atoms with van der Waals surface area (Å²) in [6.07, 6.45) is 3.17. The van der Waals surface area contributed by atoms with Crippen molar-refractivity contribution in [3.8, 4) is 11.5 Å². The molecule has 0 radical (unpaired) electrons. The summed E-state index contributed by atoms with van der Waals surface area (Å²) in [7, 11) is 1.58. The molecule has 0 spiro atoms. The summed E-state index contributed by atoms with van der Waals surface area (Å²) in [5, 5.41) is 3.60. The number of methoxy groups -OCH3 is 1. The zero-order valence-electron chi connectivity index (χ0n) is 14.0. The highest BCUT2D eigenvalue weighted by Crippen LogP contribution is 2.29. The number of nitrogens with one attached hydrogen (secondary N) is 1. The van der Waals surface area contributed by atoms with Crippen LogP contribution in [0.1, 0.15) is 11.9 Å². The van der Waals surface area contributed by atoms with Crippen LogP contribution in [0.4, 0.5) is 5.69 Å². The molecule has 0 saturated carbocycles. The lowest BCUT2D eigenvalue weighted by Gasteiger charge is -2.11. The molecule has 0 saturated heterocycles. The lowest BCUT2D eigenvalue weighted by atomic mass is 10.2. The number of ether oxygens (including phenoxy) is 2. The number of benzene rings is 2. The van der Waals surface area contributed by atoms with Crippen molar-refractivity contribution in [2.24, 2.45) is 0 Å². The van der Waals surface area contributed by atoms with E-state index in [-0.39, 0.29) is 5.91 Å². The van der Waals surface area contributed by atoms with Crippen molar-refractivity contribution >= 4 is 39.2 Å². The molecule has 2 aromatic carbocycles. The van der Waals surface area contributed by atoms with Gasteiger partial charge in [-0.25, -0.2) is 4.98 Å². The average Bonchev–Trinajstić information content (AvgIpc) is 3.04. The van der Waals surface area contributed by atoms with Gasteiger partial charge in [0, 0.05) is 12.1 Å². The number of amides is 1. The molecule has 0 aliphatic heterocycles. The van der Waals surface area contributed by atoms with Crippen LogP contribution in [0, 0.1) is 0 Å². The van der Waals surface area contributed by atoms with Crippen LogP contribution in [0.3, 0.4) is 0 Å². The van der Waals surface area contributed by atoms with Gasteiger partial charge in [0.25, 0.3) is 0 Å². The van der Waals surface area contributed by atoms with Gasteiger partial charge in [0.2, 0.25) is 5.91 Å². The molecule has 3 aromatic rings.